The highest BCUT2D eigenvalue weighted by Crippen LogP contribution is 2.39. The van der Waals surface area contributed by atoms with E-state index >= 15 is 4.39 Å². The lowest BCUT2D eigenvalue weighted by atomic mass is 10.1. The van der Waals surface area contributed by atoms with Crippen molar-refractivity contribution in [3.63, 3.8) is 0 Å². The molecule has 4 rings (SSSR count). The van der Waals surface area contributed by atoms with E-state index in [2.05, 4.69) is 44.2 Å². The Morgan fingerprint density at radius 1 is 1.00 bits per heavy atom. The largest absolute Gasteiger partial charge is 0.542 e. The van der Waals surface area contributed by atoms with Crippen molar-refractivity contribution in [2.24, 2.45) is 0 Å². The first kappa shape index (κ1) is 32.1. The Morgan fingerprint density at radius 3 is 2.35 bits per heavy atom. The first-order valence-corrected chi connectivity index (χ1v) is 18.0. The van der Waals surface area contributed by atoms with E-state index in [1.807, 2.05) is 68.6 Å². The molecule has 9 heteroatoms. The van der Waals surface area contributed by atoms with Crippen LogP contribution in [0.3, 0.4) is 0 Å². The second-order valence-corrected chi connectivity index (χ2v) is 18.6. The molecule has 0 saturated carbocycles. The molecular weight excluding hydrogens is 578 g/mol. The molecule has 0 aliphatic heterocycles. The fourth-order valence-electron chi connectivity index (χ4n) is 3.91. The van der Waals surface area contributed by atoms with E-state index in [0.29, 0.717) is 29.2 Å². The third kappa shape index (κ3) is 8.39. The number of nitrogens with zero attached hydrogens (tertiary/aromatic N) is 2. The molecule has 0 bridgehead atoms. The minimum absolute atomic E-state index is 0.0894. The zero-order valence-corrected chi connectivity index (χ0v) is 27.9. The molecule has 0 atom stereocenters. The summed E-state index contributed by atoms with van der Waals surface area (Å²) >= 11 is 1.50. The van der Waals surface area contributed by atoms with E-state index in [0.717, 1.165) is 10.4 Å². The number of carbonyl (C=O) groups excluding carboxylic acids is 1. The van der Waals surface area contributed by atoms with Gasteiger partial charge in [-0.25, -0.2) is 19.2 Å². The molecule has 0 radical (unpaired) electrons. The molecule has 2 aromatic carbocycles. The Morgan fingerprint density at radius 2 is 1.72 bits per heavy atom. The molecule has 0 aliphatic rings. The minimum atomic E-state index is -2.28. The van der Waals surface area contributed by atoms with Crippen LogP contribution in [-0.4, -0.2) is 29.9 Å². The summed E-state index contributed by atoms with van der Waals surface area (Å²) in [5.74, 6) is -0.391. The Bertz CT molecular complexity index is 1590. The third-order valence-corrected chi connectivity index (χ3v) is 12.3. The van der Waals surface area contributed by atoms with Gasteiger partial charge in [0.2, 0.25) is 0 Å². The average molecular weight is 618 g/mol. The summed E-state index contributed by atoms with van der Waals surface area (Å²) in [6, 6.07) is 18.8. The average Bonchev–Trinajstić information content (AvgIpc) is 3.42. The fraction of sp³-hybridized carbons (Fsp3) is 0.324. The molecule has 1 N–H and O–H groups in total. The van der Waals surface area contributed by atoms with Crippen LogP contribution in [0.5, 0.6) is 5.75 Å². The first-order valence-electron chi connectivity index (χ1n) is 14.3. The number of benzene rings is 2. The van der Waals surface area contributed by atoms with Gasteiger partial charge in [0.25, 0.3) is 8.32 Å². The van der Waals surface area contributed by atoms with E-state index in [9.17, 15) is 4.79 Å². The second kappa shape index (κ2) is 12.8. The number of anilines is 1. The Balaban J connectivity index is 1.77. The van der Waals surface area contributed by atoms with Crippen molar-refractivity contribution in [2.45, 2.75) is 71.7 Å². The summed E-state index contributed by atoms with van der Waals surface area (Å²) < 4.78 is 28.0. The first-order chi connectivity index (χ1) is 20.1. The number of thiophene rings is 1. The van der Waals surface area contributed by atoms with E-state index < -0.39 is 25.7 Å². The maximum absolute atomic E-state index is 16.0. The van der Waals surface area contributed by atoms with Gasteiger partial charge in [-0.2, -0.15) is 0 Å². The fourth-order valence-corrected chi connectivity index (χ4v) is 5.58. The molecule has 6 nitrogen and oxygen atoms in total. The molecular formula is C34H40FN3O3SSi. The smallest absolute Gasteiger partial charge is 0.355 e. The topological polar surface area (TPSA) is 73.3 Å². The van der Waals surface area contributed by atoms with Crippen LogP contribution in [0.15, 0.2) is 77.9 Å². The van der Waals surface area contributed by atoms with Crippen molar-refractivity contribution in [1.29, 1.82) is 0 Å². The van der Waals surface area contributed by atoms with Crippen molar-refractivity contribution in [1.82, 2.24) is 9.97 Å². The van der Waals surface area contributed by atoms with Crippen molar-refractivity contribution < 1.29 is 18.3 Å². The monoisotopic (exact) mass is 617 g/mol. The van der Waals surface area contributed by atoms with Crippen LogP contribution < -0.4 is 9.74 Å². The summed E-state index contributed by atoms with van der Waals surface area (Å²) in [6.45, 7) is 16.0. The molecule has 0 spiro atoms. The highest BCUT2D eigenvalue weighted by atomic mass is 32.1. The Kier molecular flexibility index (Phi) is 9.56. The van der Waals surface area contributed by atoms with Crippen LogP contribution in [0.2, 0.25) is 18.1 Å². The van der Waals surface area contributed by atoms with Gasteiger partial charge in [0, 0.05) is 16.9 Å². The number of carbonyl (C=O) groups is 1. The molecule has 0 amide bonds. The summed E-state index contributed by atoms with van der Waals surface area (Å²) in [6.07, 6.45) is 3.66. The van der Waals surface area contributed by atoms with Gasteiger partial charge in [-0.3, -0.25) is 0 Å². The van der Waals surface area contributed by atoms with Crippen LogP contribution >= 0.6 is 11.3 Å². The Labute approximate surface area is 259 Å². The summed E-state index contributed by atoms with van der Waals surface area (Å²) in [4.78, 5) is 23.7. The van der Waals surface area contributed by atoms with E-state index in [1.165, 1.54) is 17.5 Å². The van der Waals surface area contributed by atoms with E-state index in [1.54, 1.807) is 24.3 Å². The number of hydrogen-bond acceptors (Lipinski definition) is 7. The van der Waals surface area contributed by atoms with Crippen molar-refractivity contribution in [3.05, 3.63) is 99.9 Å². The predicted molar refractivity (Wildman–Crippen MR) is 176 cm³/mol. The third-order valence-electron chi connectivity index (χ3n) is 7.17. The summed E-state index contributed by atoms with van der Waals surface area (Å²) in [5, 5.41) is 5.03. The molecule has 2 heterocycles. The standard InChI is InChI=1S/C34H40FN3O3SSi/c1-33(2,3)40-32(39)27(21-24-16-13-19-42-24)38-31-26(20-23-14-10-9-11-15-23)37-28(22-36-31)25-17-12-18-29(30(25)35)41-43(7,8)34(4,5)6/h9-19,21-22H,20H2,1-8H3,(H,36,38)/b27-21-. The number of nitrogens with one attached hydrogen (secondary N) is 1. The summed E-state index contributed by atoms with van der Waals surface area (Å²) in [5.41, 5.74) is 1.75. The molecule has 0 aliphatic carbocycles. The zero-order valence-electron chi connectivity index (χ0n) is 26.1. The minimum Gasteiger partial charge on any atom is -0.542 e. The van der Waals surface area contributed by atoms with Gasteiger partial charge in [-0.1, -0.05) is 63.2 Å². The molecule has 43 heavy (non-hydrogen) atoms. The highest BCUT2D eigenvalue weighted by molar-refractivity contribution is 7.10. The molecule has 226 valence electrons. The van der Waals surface area contributed by atoms with Crippen molar-refractivity contribution in [3.8, 4) is 17.0 Å². The lowest BCUT2D eigenvalue weighted by Gasteiger charge is -2.36. The lowest BCUT2D eigenvalue weighted by Crippen LogP contribution is -2.44. The van der Waals surface area contributed by atoms with E-state index in [-0.39, 0.29) is 16.5 Å². The SMILES string of the molecule is CC(C)(C)OC(=O)/C(=C/c1cccs1)Nc1ncc(-c2cccc(O[Si](C)(C)C(C)(C)C)c2F)nc1Cc1ccccc1. The number of hydrogen-bond donors (Lipinski definition) is 1. The molecule has 2 aromatic heterocycles. The van der Waals surface area contributed by atoms with Crippen LogP contribution in [0, 0.1) is 5.82 Å². The van der Waals surface area contributed by atoms with Crippen LogP contribution in [0.1, 0.15) is 57.7 Å². The van der Waals surface area contributed by atoms with Gasteiger partial charge in [-0.05, 0) is 74.1 Å². The van der Waals surface area contributed by atoms with Gasteiger partial charge in [0.15, 0.2) is 11.6 Å². The van der Waals surface area contributed by atoms with Crippen molar-refractivity contribution in [2.75, 3.05) is 5.32 Å². The number of ether oxygens (including phenoxy) is 1. The molecule has 0 saturated heterocycles. The van der Waals surface area contributed by atoms with Crippen LogP contribution in [0.25, 0.3) is 17.3 Å². The zero-order chi connectivity index (χ0) is 31.4. The van der Waals surface area contributed by atoms with Crippen molar-refractivity contribution >= 4 is 37.5 Å². The second-order valence-electron chi connectivity index (χ2n) is 12.9. The van der Waals surface area contributed by atoms with Gasteiger partial charge in [-0.15, -0.1) is 11.3 Å². The predicted octanol–water partition coefficient (Wildman–Crippen LogP) is 9.11. The van der Waals surface area contributed by atoms with Crippen LogP contribution in [-0.2, 0) is 16.0 Å². The quantitative estimate of drug-likeness (QED) is 0.115. The van der Waals surface area contributed by atoms with Gasteiger partial charge >= 0.3 is 5.97 Å². The van der Waals surface area contributed by atoms with Gasteiger partial charge in [0.05, 0.1) is 17.6 Å². The number of halogens is 1. The normalized spacial score (nSPS) is 12.6. The van der Waals surface area contributed by atoms with Gasteiger partial charge < -0.3 is 14.5 Å². The van der Waals surface area contributed by atoms with Crippen LogP contribution in [0.4, 0.5) is 10.2 Å². The number of rotatable bonds is 9. The number of aromatic nitrogens is 2. The number of esters is 1. The molecule has 0 unspecified atom stereocenters. The highest BCUT2D eigenvalue weighted by Gasteiger charge is 2.39. The molecule has 4 aromatic rings. The summed E-state index contributed by atoms with van der Waals surface area (Å²) in [7, 11) is -2.28. The maximum Gasteiger partial charge on any atom is 0.355 e. The molecule has 0 fully saturated rings. The van der Waals surface area contributed by atoms with Gasteiger partial charge in [0.1, 0.15) is 17.0 Å². The Hall–Kier alpha value is -3.82. The maximum atomic E-state index is 16.0. The lowest BCUT2D eigenvalue weighted by molar-refractivity contribution is -0.149. The van der Waals surface area contributed by atoms with E-state index in [4.69, 9.17) is 14.1 Å².